The molecule has 0 radical (unpaired) electrons. The summed E-state index contributed by atoms with van der Waals surface area (Å²) in [4.78, 5) is 4.93. The van der Waals surface area contributed by atoms with Gasteiger partial charge in [-0.15, -0.1) is 0 Å². The molecule has 8 aromatic rings. The molecule has 0 fully saturated rings. The minimum absolute atomic E-state index is 0.0120. The number of nitrogens with zero attached hydrogens (tertiary/aromatic N) is 4. The van der Waals surface area contributed by atoms with Crippen LogP contribution in [0.15, 0.2) is 128 Å². The molecule has 3 aromatic heterocycles. The van der Waals surface area contributed by atoms with Crippen molar-refractivity contribution in [3.05, 3.63) is 162 Å². The van der Waals surface area contributed by atoms with Crippen LogP contribution in [-0.4, -0.2) is 14.1 Å². The van der Waals surface area contributed by atoms with Gasteiger partial charge in [0.15, 0.2) is 0 Å². The molecule has 0 atom stereocenters. The van der Waals surface area contributed by atoms with E-state index in [0.717, 1.165) is 39.7 Å². The smallest absolute Gasteiger partial charge is 0.268 e. The van der Waals surface area contributed by atoms with Crippen molar-refractivity contribution in [2.45, 2.75) is 112 Å². The number of hydrogen-bond donors (Lipinski definition) is 0. The molecular formula is C55H60N4O. The highest BCUT2D eigenvalue weighted by molar-refractivity contribution is 6.11. The van der Waals surface area contributed by atoms with E-state index in [1.165, 1.54) is 49.7 Å². The molecule has 0 amide bonds. The third kappa shape index (κ3) is 7.78. The van der Waals surface area contributed by atoms with Gasteiger partial charge in [0.2, 0.25) is 0 Å². The van der Waals surface area contributed by atoms with Gasteiger partial charge in [-0.25, -0.2) is 4.98 Å². The standard InChI is InChI=1S/C55H60N4O/c1-35(2)39-29-46(36(3)4)52(47(30-39)37(5)6)38-16-13-17-41(28-38)57-26-27-58(34-57)42-18-14-19-43(32-42)60-44-22-23-45-50(33-44)59(51-31-40(24-25-56-51)54(7,8)9)49-21-15-20-48(53(45)49)55(10,11)12/h13-33,35-37H,1-12H3. The molecule has 60 heavy (non-hydrogen) atoms. The Hall–Kier alpha value is -5.94. The van der Waals surface area contributed by atoms with E-state index in [2.05, 4.69) is 208 Å². The molecule has 8 rings (SSSR count). The van der Waals surface area contributed by atoms with Crippen LogP contribution >= 0.6 is 0 Å². The summed E-state index contributed by atoms with van der Waals surface area (Å²) in [6.07, 6.45) is 9.64. The first kappa shape index (κ1) is 40.8. The topological polar surface area (TPSA) is 35.9 Å². The average molecular weight is 793 g/mol. The van der Waals surface area contributed by atoms with E-state index < -0.39 is 0 Å². The first-order chi connectivity index (χ1) is 28.5. The Kier molecular flexibility index (Phi) is 10.6. The molecule has 0 spiro atoms. The van der Waals surface area contributed by atoms with Gasteiger partial charge < -0.3 is 4.74 Å². The Morgan fingerprint density at radius 2 is 1.35 bits per heavy atom. The second kappa shape index (κ2) is 15.6. The second-order valence-corrected chi connectivity index (χ2v) is 19.4. The highest BCUT2D eigenvalue weighted by atomic mass is 16.5. The number of hydrogen-bond acceptors (Lipinski definition) is 2. The zero-order valence-electron chi connectivity index (χ0n) is 37.6. The summed E-state index contributed by atoms with van der Waals surface area (Å²) < 4.78 is 13.1. The van der Waals surface area contributed by atoms with Crippen molar-refractivity contribution in [2.24, 2.45) is 0 Å². The zero-order chi connectivity index (χ0) is 42.7. The molecule has 5 aromatic carbocycles. The first-order valence-electron chi connectivity index (χ1n) is 21.6. The van der Waals surface area contributed by atoms with Crippen LogP contribution in [-0.2, 0) is 10.8 Å². The molecule has 0 unspecified atom stereocenters. The predicted molar refractivity (Wildman–Crippen MR) is 250 cm³/mol. The van der Waals surface area contributed by atoms with Crippen LogP contribution in [0.25, 0.3) is 50.1 Å². The molecule has 0 N–H and O–H groups in total. The molecule has 0 saturated carbocycles. The van der Waals surface area contributed by atoms with Crippen molar-refractivity contribution in [2.75, 3.05) is 0 Å². The van der Waals surface area contributed by atoms with Crippen molar-refractivity contribution in [1.29, 1.82) is 0 Å². The maximum absolute atomic E-state index is 6.68. The van der Waals surface area contributed by atoms with Crippen LogP contribution in [0, 0.1) is 6.33 Å². The van der Waals surface area contributed by atoms with Gasteiger partial charge in [-0.3, -0.25) is 13.7 Å². The molecule has 0 aliphatic heterocycles. The van der Waals surface area contributed by atoms with Gasteiger partial charge in [0.25, 0.3) is 6.33 Å². The summed E-state index contributed by atoms with van der Waals surface area (Å²) in [5, 5.41) is 2.44. The Balaban J connectivity index is 1.14. The number of rotatable bonds is 9. The molecular weight excluding hydrogens is 733 g/mol. The molecule has 5 nitrogen and oxygen atoms in total. The predicted octanol–water partition coefficient (Wildman–Crippen LogP) is 14.5. The number of pyridine rings is 1. The highest BCUT2D eigenvalue weighted by Gasteiger charge is 2.24. The highest BCUT2D eigenvalue weighted by Crippen LogP contribution is 2.42. The second-order valence-electron chi connectivity index (χ2n) is 19.4. The fourth-order valence-corrected chi connectivity index (χ4v) is 8.53. The fraction of sp³-hybridized carbons (Fsp3) is 0.309. The monoisotopic (exact) mass is 792 g/mol. The van der Waals surface area contributed by atoms with E-state index in [1.54, 1.807) is 0 Å². The Morgan fingerprint density at radius 3 is 2.03 bits per heavy atom. The van der Waals surface area contributed by atoms with Gasteiger partial charge in [0.05, 0.1) is 22.4 Å². The summed E-state index contributed by atoms with van der Waals surface area (Å²) in [6, 6.07) is 39.4. The van der Waals surface area contributed by atoms with Crippen LogP contribution in [0.5, 0.6) is 11.5 Å². The number of benzene rings is 5. The summed E-state index contributed by atoms with van der Waals surface area (Å²) in [5.74, 6) is 3.71. The SMILES string of the molecule is CC(C)c1cc(C(C)C)c(-c2cccc(-[n+]3[c-]n(-c4cccc(Oc5ccc6c7c(C(C)(C)C)cccc7n(-c7cc(C(C)(C)C)ccn7)c6c5)c4)cc3)c2)c(C(C)C)c1. The molecule has 0 saturated heterocycles. The lowest BCUT2D eigenvalue weighted by atomic mass is 9.82. The van der Waals surface area contributed by atoms with Gasteiger partial charge in [-0.2, -0.15) is 0 Å². The van der Waals surface area contributed by atoms with Crippen molar-refractivity contribution in [1.82, 2.24) is 14.1 Å². The Labute approximate surface area is 357 Å². The third-order valence-electron chi connectivity index (χ3n) is 11.9. The maximum atomic E-state index is 6.68. The van der Waals surface area contributed by atoms with E-state index in [0.29, 0.717) is 17.8 Å². The number of ether oxygens (including phenoxy) is 1. The van der Waals surface area contributed by atoms with Crippen LogP contribution < -0.4 is 9.30 Å². The van der Waals surface area contributed by atoms with Crippen molar-refractivity contribution in [3.8, 4) is 39.8 Å². The van der Waals surface area contributed by atoms with Gasteiger partial charge in [0.1, 0.15) is 17.3 Å². The summed E-state index contributed by atoms with van der Waals surface area (Å²) in [7, 11) is 0. The molecule has 0 bridgehead atoms. The largest absolute Gasteiger partial charge is 0.458 e. The van der Waals surface area contributed by atoms with E-state index in [4.69, 9.17) is 9.72 Å². The van der Waals surface area contributed by atoms with E-state index >= 15 is 0 Å². The molecule has 5 heteroatoms. The lowest BCUT2D eigenvalue weighted by molar-refractivity contribution is -0.599. The minimum atomic E-state index is -0.0421. The van der Waals surface area contributed by atoms with Crippen LogP contribution in [0.3, 0.4) is 0 Å². The van der Waals surface area contributed by atoms with E-state index in [1.807, 2.05) is 22.9 Å². The van der Waals surface area contributed by atoms with Gasteiger partial charge >= 0.3 is 0 Å². The Bertz CT molecular complexity index is 2820. The van der Waals surface area contributed by atoms with E-state index in [-0.39, 0.29) is 10.8 Å². The van der Waals surface area contributed by atoms with Crippen molar-refractivity contribution >= 4 is 21.8 Å². The quantitative estimate of drug-likeness (QED) is 0.108. The maximum Gasteiger partial charge on any atom is 0.268 e. The molecule has 0 aliphatic carbocycles. The van der Waals surface area contributed by atoms with Crippen molar-refractivity contribution in [3.63, 3.8) is 0 Å². The summed E-state index contributed by atoms with van der Waals surface area (Å²) in [6.45, 7) is 27.4. The zero-order valence-corrected chi connectivity index (χ0v) is 37.6. The van der Waals surface area contributed by atoms with E-state index in [9.17, 15) is 0 Å². The molecule has 0 aliphatic rings. The lowest BCUT2D eigenvalue weighted by Gasteiger charge is -2.23. The molecule has 306 valence electrons. The van der Waals surface area contributed by atoms with Gasteiger partial charge in [-0.1, -0.05) is 126 Å². The van der Waals surface area contributed by atoms with Gasteiger partial charge in [0, 0.05) is 35.4 Å². The van der Waals surface area contributed by atoms with Crippen LogP contribution in [0.1, 0.15) is 129 Å². The van der Waals surface area contributed by atoms with Gasteiger partial charge in [-0.05, 0) is 128 Å². The van der Waals surface area contributed by atoms with Crippen molar-refractivity contribution < 1.29 is 9.30 Å². The normalized spacial score (nSPS) is 12.4. The summed E-state index contributed by atoms with van der Waals surface area (Å²) >= 11 is 0. The average Bonchev–Trinajstić information content (AvgIpc) is 3.83. The summed E-state index contributed by atoms with van der Waals surface area (Å²) in [5.41, 5.74) is 13.6. The molecule has 3 heterocycles. The number of imidazole rings is 1. The fourth-order valence-electron chi connectivity index (χ4n) is 8.53. The minimum Gasteiger partial charge on any atom is -0.458 e. The number of aromatic nitrogens is 4. The first-order valence-corrected chi connectivity index (χ1v) is 21.6. The lowest BCUT2D eigenvalue weighted by Crippen LogP contribution is -2.28. The third-order valence-corrected chi connectivity index (χ3v) is 11.9. The van der Waals surface area contributed by atoms with Crippen LogP contribution in [0.2, 0.25) is 0 Å². The number of fused-ring (bicyclic) bond motifs is 3. The van der Waals surface area contributed by atoms with Crippen LogP contribution in [0.4, 0.5) is 0 Å². The Morgan fingerprint density at radius 1 is 0.650 bits per heavy atom.